The van der Waals surface area contributed by atoms with Crippen molar-refractivity contribution in [2.45, 2.75) is 38.4 Å². The van der Waals surface area contributed by atoms with Gasteiger partial charge in [0.1, 0.15) is 0 Å². The Morgan fingerprint density at radius 2 is 2.17 bits per heavy atom. The van der Waals surface area contributed by atoms with E-state index >= 15 is 0 Å². The van der Waals surface area contributed by atoms with Gasteiger partial charge in [0.25, 0.3) is 0 Å². The molecule has 1 aromatic carbocycles. The number of nitrogens with two attached hydrogens (primary N) is 1. The zero-order valence-electron chi connectivity index (χ0n) is 13.1. The van der Waals surface area contributed by atoms with Gasteiger partial charge >= 0.3 is 6.18 Å². The summed E-state index contributed by atoms with van der Waals surface area (Å²) in [5.74, 6) is -0.309. The minimum absolute atomic E-state index is 0.309. The van der Waals surface area contributed by atoms with Crippen molar-refractivity contribution in [1.29, 1.82) is 0 Å². The maximum atomic E-state index is 12.7. The third-order valence-corrected chi connectivity index (χ3v) is 4.27. The summed E-state index contributed by atoms with van der Waals surface area (Å²) >= 11 is 1.23. The maximum Gasteiger partial charge on any atom is 0.416 e. The number of carbonyl (C=O) groups is 1. The molecule has 0 spiro atoms. The van der Waals surface area contributed by atoms with Gasteiger partial charge in [-0.1, -0.05) is 31.5 Å². The fourth-order valence-electron chi connectivity index (χ4n) is 2.15. The second-order valence-electron chi connectivity index (χ2n) is 5.39. The summed E-state index contributed by atoms with van der Waals surface area (Å²) in [7, 11) is 0. The van der Waals surface area contributed by atoms with Crippen molar-refractivity contribution >= 4 is 22.4 Å². The van der Waals surface area contributed by atoms with E-state index in [1.165, 1.54) is 17.4 Å². The van der Waals surface area contributed by atoms with Crippen LogP contribution in [0.5, 0.6) is 0 Å². The Bertz CT molecular complexity index is 700. The molecule has 0 bridgehead atoms. The predicted octanol–water partition coefficient (Wildman–Crippen LogP) is 3.82. The van der Waals surface area contributed by atoms with Crippen LogP contribution in [-0.4, -0.2) is 16.9 Å². The molecular weight excluding hydrogens is 339 g/mol. The highest BCUT2D eigenvalue weighted by Gasteiger charge is 2.30. The van der Waals surface area contributed by atoms with Crippen molar-refractivity contribution in [3.8, 4) is 0 Å². The number of rotatable bonds is 6. The lowest BCUT2D eigenvalue weighted by Crippen LogP contribution is -2.35. The highest BCUT2D eigenvalue weighted by molar-refractivity contribution is 7.15. The molecule has 130 valence electrons. The van der Waals surface area contributed by atoms with E-state index in [4.69, 9.17) is 5.73 Å². The number of hydrogen-bond acceptors (Lipinski definition) is 4. The van der Waals surface area contributed by atoms with E-state index in [-0.39, 0.29) is 5.91 Å². The highest BCUT2D eigenvalue weighted by Crippen LogP contribution is 2.30. The maximum absolute atomic E-state index is 12.7. The average Bonchev–Trinajstić information content (AvgIpc) is 2.94. The van der Waals surface area contributed by atoms with Crippen LogP contribution in [0.15, 0.2) is 30.5 Å². The Kier molecular flexibility index (Phi) is 5.95. The lowest BCUT2D eigenvalue weighted by molar-refractivity contribution is -0.137. The lowest BCUT2D eigenvalue weighted by atomic mass is 10.1. The average molecular weight is 357 g/mol. The summed E-state index contributed by atoms with van der Waals surface area (Å²) in [5, 5.41) is 3.03. The molecule has 8 heteroatoms. The standard InChI is InChI=1S/C16H18F3N3OS/c1-2-4-13(20)14(23)22-15-21-9-12(24-15)8-10-5-3-6-11(7-10)16(17,18)19/h3,5-7,9,13H,2,4,8,20H2,1H3,(H,21,22,23). The molecule has 2 aromatic rings. The normalized spacial score (nSPS) is 12.9. The van der Waals surface area contributed by atoms with E-state index in [0.717, 1.165) is 23.4 Å². The zero-order valence-corrected chi connectivity index (χ0v) is 13.9. The first-order valence-electron chi connectivity index (χ1n) is 7.47. The van der Waals surface area contributed by atoms with Gasteiger partial charge in [-0.05, 0) is 18.1 Å². The molecule has 1 amide bonds. The minimum Gasteiger partial charge on any atom is -0.320 e. The van der Waals surface area contributed by atoms with Crippen LogP contribution < -0.4 is 11.1 Å². The quantitative estimate of drug-likeness (QED) is 0.826. The number of hydrogen-bond donors (Lipinski definition) is 2. The van der Waals surface area contributed by atoms with Gasteiger partial charge in [-0.15, -0.1) is 11.3 Å². The number of nitrogens with one attached hydrogen (secondary N) is 1. The predicted molar refractivity (Wildman–Crippen MR) is 87.9 cm³/mol. The molecule has 0 aliphatic rings. The Morgan fingerprint density at radius 1 is 1.42 bits per heavy atom. The Morgan fingerprint density at radius 3 is 2.83 bits per heavy atom. The summed E-state index contributed by atoms with van der Waals surface area (Å²) < 4.78 is 38.2. The van der Waals surface area contributed by atoms with Crippen LogP contribution in [0, 0.1) is 0 Å². The molecule has 0 radical (unpaired) electrons. The van der Waals surface area contributed by atoms with Crippen molar-refractivity contribution in [3.63, 3.8) is 0 Å². The van der Waals surface area contributed by atoms with Crippen LogP contribution in [-0.2, 0) is 17.4 Å². The van der Waals surface area contributed by atoms with Gasteiger partial charge in [-0.2, -0.15) is 13.2 Å². The first kappa shape index (κ1) is 18.4. The van der Waals surface area contributed by atoms with Crippen LogP contribution in [0.1, 0.15) is 35.8 Å². The van der Waals surface area contributed by atoms with Gasteiger partial charge in [0.15, 0.2) is 5.13 Å². The molecule has 2 rings (SSSR count). The number of anilines is 1. The molecule has 1 heterocycles. The Balaban J connectivity index is 2.03. The van der Waals surface area contributed by atoms with Gasteiger partial charge in [-0.25, -0.2) is 4.98 Å². The van der Waals surface area contributed by atoms with Gasteiger partial charge in [0.05, 0.1) is 11.6 Å². The van der Waals surface area contributed by atoms with E-state index in [9.17, 15) is 18.0 Å². The zero-order chi connectivity index (χ0) is 17.7. The largest absolute Gasteiger partial charge is 0.416 e. The summed E-state index contributed by atoms with van der Waals surface area (Å²) in [6.07, 6.45) is -1.12. The molecule has 1 aromatic heterocycles. The number of benzene rings is 1. The van der Waals surface area contributed by atoms with E-state index < -0.39 is 17.8 Å². The first-order valence-corrected chi connectivity index (χ1v) is 8.28. The molecule has 24 heavy (non-hydrogen) atoms. The third-order valence-electron chi connectivity index (χ3n) is 3.35. The van der Waals surface area contributed by atoms with E-state index in [0.29, 0.717) is 23.5 Å². The summed E-state index contributed by atoms with van der Waals surface area (Å²) in [5.41, 5.74) is 5.58. The van der Waals surface area contributed by atoms with Crippen LogP contribution in [0.25, 0.3) is 0 Å². The van der Waals surface area contributed by atoms with Crippen LogP contribution >= 0.6 is 11.3 Å². The molecule has 1 unspecified atom stereocenters. The number of alkyl halides is 3. The van der Waals surface area contributed by atoms with Crippen LogP contribution in [0.3, 0.4) is 0 Å². The van der Waals surface area contributed by atoms with Gasteiger partial charge in [-0.3, -0.25) is 4.79 Å². The van der Waals surface area contributed by atoms with E-state index in [1.54, 1.807) is 12.3 Å². The molecule has 0 aliphatic carbocycles. The fourth-order valence-corrected chi connectivity index (χ4v) is 3.00. The van der Waals surface area contributed by atoms with Crippen molar-refractivity contribution in [1.82, 2.24) is 4.98 Å². The number of thiazole rings is 1. The molecular formula is C16H18F3N3OS. The van der Waals surface area contributed by atoms with Crippen molar-refractivity contribution < 1.29 is 18.0 Å². The van der Waals surface area contributed by atoms with Gasteiger partial charge in [0.2, 0.25) is 5.91 Å². The number of carbonyl (C=O) groups excluding carboxylic acids is 1. The van der Waals surface area contributed by atoms with Gasteiger partial charge in [0, 0.05) is 17.5 Å². The lowest BCUT2D eigenvalue weighted by Gasteiger charge is -2.08. The number of amides is 1. The Labute approximate surface area is 141 Å². The topological polar surface area (TPSA) is 68.0 Å². The van der Waals surface area contributed by atoms with E-state index in [2.05, 4.69) is 10.3 Å². The molecule has 0 aliphatic heterocycles. The third kappa shape index (κ3) is 5.04. The molecule has 0 fully saturated rings. The van der Waals surface area contributed by atoms with Crippen molar-refractivity contribution in [2.24, 2.45) is 5.73 Å². The number of nitrogens with zero attached hydrogens (tertiary/aromatic N) is 1. The summed E-state index contributed by atoms with van der Waals surface area (Å²) in [6.45, 7) is 1.93. The SMILES string of the molecule is CCCC(N)C(=O)Nc1ncc(Cc2cccc(C(F)(F)F)c2)s1. The smallest absolute Gasteiger partial charge is 0.320 e. The molecule has 1 atom stereocenters. The highest BCUT2D eigenvalue weighted by atomic mass is 32.1. The van der Waals surface area contributed by atoms with Crippen LogP contribution in [0.4, 0.5) is 18.3 Å². The molecule has 0 saturated heterocycles. The molecule has 3 N–H and O–H groups in total. The van der Waals surface area contributed by atoms with E-state index in [1.807, 2.05) is 6.92 Å². The monoisotopic (exact) mass is 357 g/mol. The van der Waals surface area contributed by atoms with Gasteiger partial charge < -0.3 is 11.1 Å². The second kappa shape index (κ2) is 7.76. The van der Waals surface area contributed by atoms with Crippen LogP contribution in [0.2, 0.25) is 0 Å². The number of halogens is 3. The summed E-state index contributed by atoms with van der Waals surface area (Å²) in [4.78, 5) is 16.7. The number of aromatic nitrogens is 1. The van der Waals surface area contributed by atoms with Crippen molar-refractivity contribution in [3.05, 3.63) is 46.5 Å². The Hall–Kier alpha value is -1.93. The molecule has 0 saturated carbocycles. The first-order chi connectivity index (χ1) is 11.3. The summed E-state index contributed by atoms with van der Waals surface area (Å²) in [6, 6.07) is 4.58. The minimum atomic E-state index is -4.36. The fraction of sp³-hybridized carbons (Fsp3) is 0.375. The molecule has 4 nitrogen and oxygen atoms in total. The van der Waals surface area contributed by atoms with Crippen molar-refractivity contribution in [2.75, 3.05) is 5.32 Å². The second-order valence-corrected chi connectivity index (χ2v) is 6.51.